The first kappa shape index (κ1) is 15.5. The van der Waals surface area contributed by atoms with Crippen LogP contribution >= 0.6 is 0 Å². The zero-order valence-electron chi connectivity index (χ0n) is 15.7. The van der Waals surface area contributed by atoms with Gasteiger partial charge < -0.3 is 4.40 Å². The summed E-state index contributed by atoms with van der Waals surface area (Å²) in [4.78, 5) is 0. The second-order valence-electron chi connectivity index (χ2n) is 7.52. The lowest BCUT2D eigenvalue weighted by molar-refractivity contribution is 1.28. The van der Waals surface area contributed by atoms with Crippen molar-refractivity contribution in [2.45, 2.75) is 6.92 Å². The van der Waals surface area contributed by atoms with Gasteiger partial charge in [0.15, 0.2) is 0 Å². The topological polar surface area (TPSA) is 4.41 Å². The van der Waals surface area contributed by atoms with Gasteiger partial charge in [-0.05, 0) is 58.5 Å². The van der Waals surface area contributed by atoms with E-state index in [9.17, 15) is 0 Å². The Bertz CT molecular complexity index is 1500. The Kier molecular flexibility index (Phi) is 3.15. The number of pyridine rings is 1. The maximum atomic E-state index is 2.44. The normalized spacial score (nSPS) is 11.8. The lowest BCUT2D eigenvalue weighted by Crippen LogP contribution is -1.94. The molecule has 0 fully saturated rings. The molecule has 0 spiro atoms. The molecule has 0 aliphatic carbocycles. The van der Waals surface area contributed by atoms with E-state index in [1.165, 1.54) is 54.8 Å². The van der Waals surface area contributed by atoms with Crippen molar-refractivity contribution in [3.8, 4) is 11.3 Å². The van der Waals surface area contributed by atoms with E-state index in [-0.39, 0.29) is 0 Å². The average molecular weight is 357 g/mol. The number of fused-ring (bicyclic) bond motifs is 7. The summed E-state index contributed by atoms with van der Waals surface area (Å²) in [6.07, 6.45) is 0. The van der Waals surface area contributed by atoms with Crippen LogP contribution in [0.25, 0.3) is 49.2 Å². The Morgan fingerprint density at radius 3 is 2.00 bits per heavy atom. The van der Waals surface area contributed by atoms with Crippen molar-refractivity contribution in [1.82, 2.24) is 4.40 Å². The molecule has 0 radical (unpaired) electrons. The van der Waals surface area contributed by atoms with Gasteiger partial charge in [0.25, 0.3) is 0 Å². The van der Waals surface area contributed by atoms with Crippen molar-refractivity contribution >= 4 is 38.0 Å². The second kappa shape index (κ2) is 5.71. The van der Waals surface area contributed by atoms with E-state index < -0.39 is 0 Å². The molecule has 4 aromatic carbocycles. The Morgan fingerprint density at radius 2 is 1.21 bits per heavy atom. The maximum Gasteiger partial charge on any atom is 0.0570 e. The van der Waals surface area contributed by atoms with Gasteiger partial charge in [-0.2, -0.15) is 0 Å². The van der Waals surface area contributed by atoms with Crippen LogP contribution < -0.4 is 0 Å². The first-order valence-electron chi connectivity index (χ1n) is 9.72. The first-order chi connectivity index (χ1) is 13.8. The number of para-hydroxylation sites is 1. The largest absolute Gasteiger partial charge is 0.308 e. The Balaban J connectivity index is 1.91. The lowest BCUT2D eigenvalue weighted by atomic mass is 9.99. The van der Waals surface area contributed by atoms with Gasteiger partial charge in [0.05, 0.1) is 16.7 Å². The molecule has 1 nitrogen and oxygen atoms in total. The predicted molar refractivity (Wildman–Crippen MR) is 120 cm³/mol. The highest BCUT2D eigenvalue weighted by Crippen LogP contribution is 2.38. The molecule has 0 aliphatic heterocycles. The van der Waals surface area contributed by atoms with Crippen molar-refractivity contribution in [1.29, 1.82) is 0 Å². The Labute approximate surface area is 163 Å². The van der Waals surface area contributed by atoms with Crippen molar-refractivity contribution in [2.75, 3.05) is 0 Å². The Hall–Kier alpha value is -3.58. The van der Waals surface area contributed by atoms with E-state index >= 15 is 0 Å². The summed E-state index contributed by atoms with van der Waals surface area (Å²) in [5, 5.41) is 6.51. The summed E-state index contributed by atoms with van der Waals surface area (Å²) < 4.78 is 2.44. The third-order valence-corrected chi connectivity index (χ3v) is 5.84. The zero-order valence-corrected chi connectivity index (χ0v) is 15.7. The highest BCUT2D eigenvalue weighted by atomic mass is 14.9. The van der Waals surface area contributed by atoms with Crippen LogP contribution in [0.4, 0.5) is 0 Å². The molecule has 0 atom stereocenters. The van der Waals surface area contributed by atoms with Crippen molar-refractivity contribution in [3.63, 3.8) is 0 Å². The summed E-state index contributed by atoms with van der Waals surface area (Å²) in [5.41, 5.74) is 6.37. The summed E-state index contributed by atoms with van der Waals surface area (Å²) in [5.74, 6) is 0. The van der Waals surface area contributed by atoms with Crippen molar-refractivity contribution in [3.05, 3.63) is 103 Å². The van der Waals surface area contributed by atoms with Gasteiger partial charge in [-0.3, -0.25) is 0 Å². The van der Waals surface area contributed by atoms with Gasteiger partial charge >= 0.3 is 0 Å². The molecule has 1 heteroatoms. The van der Waals surface area contributed by atoms with Crippen molar-refractivity contribution < 1.29 is 0 Å². The fourth-order valence-corrected chi connectivity index (χ4v) is 4.59. The summed E-state index contributed by atoms with van der Waals surface area (Å²) in [6.45, 7) is 2.23. The number of nitrogens with zero attached hydrogens (tertiary/aromatic N) is 1. The van der Waals surface area contributed by atoms with Crippen LogP contribution in [-0.2, 0) is 0 Å². The van der Waals surface area contributed by atoms with Crippen LogP contribution in [-0.4, -0.2) is 4.40 Å². The van der Waals surface area contributed by atoms with Crippen LogP contribution in [0.1, 0.15) is 5.56 Å². The number of aromatic nitrogens is 1. The first-order valence-corrected chi connectivity index (χ1v) is 9.72. The third kappa shape index (κ3) is 2.07. The minimum atomic E-state index is 1.25. The highest BCUT2D eigenvalue weighted by molar-refractivity contribution is 6.17. The van der Waals surface area contributed by atoms with Crippen LogP contribution in [0, 0.1) is 6.92 Å². The van der Waals surface area contributed by atoms with E-state index in [4.69, 9.17) is 0 Å². The molecule has 2 heterocycles. The zero-order chi connectivity index (χ0) is 18.7. The smallest absolute Gasteiger partial charge is 0.0570 e. The molecule has 0 saturated heterocycles. The molecular weight excluding hydrogens is 338 g/mol. The van der Waals surface area contributed by atoms with Gasteiger partial charge in [0.2, 0.25) is 0 Å². The molecule has 28 heavy (non-hydrogen) atoms. The molecule has 6 aromatic rings. The summed E-state index contributed by atoms with van der Waals surface area (Å²) in [7, 11) is 0. The van der Waals surface area contributed by atoms with Crippen LogP contribution in [0.3, 0.4) is 0 Å². The van der Waals surface area contributed by atoms with E-state index in [1.54, 1.807) is 0 Å². The fourth-order valence-electron chi connectivity index (χ4n) is 4.59. The molecule has 2 aromatic heterocycles. The van der Waals surface area contributed by atoms with Crippen LogP contribution in [0.15, 0.2) is 97.1 Å². The van der Waals surface area contributed by atoms with Gasteiger partial charge in [0.1, 0.15) is 0 Å². The van der Waals surface area contributed by atoms with Crippen LogP contribution in [0.5, 0.6) is 0 Å². The van der Waals surface area contributed by atoms with Crippen molar-refractivity contribution in [2.24, 2.45) is 0 Å². The standard InChI is InChI=1S/C27H19N/c1-18-15-26(19-9-3-2-4-10-19)28-25-14-8-7-13-22(25)23-16-20-11-5-6-12-21(20)17-24(23)27(18)28/h2-17H,1H3. The molecule has 132 valence electrons. The van der Waals surface area contributed by atoms with Gasteiger partial charge in [-0.25, -0.2) is 0 Å². The lowest BCUT2D eigenvalue weighted by Gasteiger charge is -2.13. The van der Waals surface area contributed by atoms with E-state index in [1.807, 2.05) is 0 Å². The molecule has 0 unspecified atom stereocenters. The third-order valence-electron chi connectivity index (χ3n) is 5.84. The fraction of sp³-hybridized carbons (Fsp3) is 0.0370. The van der Waals surface area contributed by atoms with Crippen LogP contribution in [0.2, 0.25) is 0 Å². The highest BCUT2D eigenvalue weighted by Gasteiger charge is 2.16. The van der Waals surface area contributed by atoms with E-state index in [2.05, 4.69) is 108 Å². The molecule has 0 aliphatic rings. The number of rotatable bonds is 1. The average Bonchev–Trinajstić information content (AvgIpc) is 3.11. The molecular formula is C27H19N. The number of aryl methyl sites for hydroxylation is 1. The second-order valence-corrected chi connectivity index (χ2v) is 7.52. The maximum absolute atomic E-state index is 2.44. The minimum Gasteiger partial charge on any atom is -0.308 e. The van der Waals surface area contributed by atoms with Gasteiger partial charge in [0, 0.05) is 10.8 Å². The summed E-state index contributed by atoms with van der Waals surface area (Å²) in [6, 6.07) is 35.1. The number of hydrogen-bond acceptors (Lipinski definition) is 0. The van der Waals surface area contributed by atoms with E-state index in [0.29, 0.717) is 0 Å². The van der Waals surface area contributed by atoms with Gasteiger partial charge in [-0.1, -0.05) is 72.8 Å². The Morgan fingerprint density at radius 1 is 0.571 bits per heavy atom. The van der Waals surface area contributed by atoms with E-state index in [0.717, 1.165) is 0 Å². The molecule has 0 N–H and O–H groups in total. The molecule has 0 bridgehead atoms. The van der Waals surface area contributed by atoms with Gasteiger partial charge in [-0.15, -0.1) is 0 Å². The molecule has 6 rings (SSSR count). The molecule has 0 saturated carbocycles. The quantitative estimate of drug-likeness (QED) is 0.214. The number of hydrogen-bond donors (Lipinski definition) is 0. The minimum absolute atomic E-state index is 1.25. The molecule has 0 amide bonds. The SMILES string of the molecule is Cc1cc(-c2ccccc2)n2c3ccccc3c3cc4ccccc4cc3c12. The monoisotopic (exact) mass is 357 g/mol. The number of benzene rings is 4. The predicted octanol–water partition coefficient (Wildman–Crippen LogP) is 7.37. The summed E-state index contributed by atoms with van der Waals surface area (Å²) >= 11 is 0.